The third kappa shape index (κ3) is 3.86. The van der Waals surface area contributed by atoms with Crippen molar-refractivity contribution in [3.63, 3.8) is 0 Å². The standard InChI is InChI=1S/C15H20N6O.ClH/c1-11(16)12-5-7-20(8-6-12)15(22)13-3-2-4-14(9-13)21-10-17-18-19-21;/h2-4,9-12H,5-8,16H2,1H3;1H. The highest BCUT2D eigenvalue weighted by atomic mass is 35.5. The Morgan fingerprint density at radius 1 is 1.35 bits per heavy atom. The van der Waals surface area contributed by atoms with Gasteiger partial charge in [-0.15, -0.1) is 17.5 Å². The van der Waals surface area contributed by atoms with E-state index in [1.807, 2.05) is 36.1 Å². The third-order valence-corrected chi connectivity index (χ3v) is 4.28. The zero-order valence-electron chi connectivity index (χ0n) is 13.0. The normalized spacial score (nSPS) is 16.7. The molecule has 0 saturated carbocycles. The minimum Gasteiger partial charge on any atom is -0.339 e. The Kier molecular flexibility index (Phi) is 5.68. The highest BCUT2D eigenvalue weighted by Crippen LogP contribution is 2.21. The summed E-state index contributed by atoms with van der Waals surface area (Å²) in [5, 5.41) is 11.1. The van der Waals surface area contributed by atoms with Gasteiger partial charge in [-0.2, -0.15) is 0 Å². The number of benzene rings is 1. The van der Waals surface area contributed by atoms with Crippen LogP contribution in [0.5, 0.6) is 0 Å². The number of carbonyl (C=O) groups is 1. The molecule has 1 unspecified atom stereocenters. The molecule has 1 fully saturated rings. The van der Waals surface area contributed by atoms with Crippen molar-refractivity contribution >= 4 is 18.3 Å². The zero-order chi connectivity index (χ0) is 15.5. The van der Waals surface area contributed by atoms with E-state index in [9.17, 15) is 4.79 Å². The smallest absolute Gasteiger partial charge is 0.253 e. The summed E-state index contributed by atoms with van der Waals surface area (Å²) >= 11 is 0. The molecule has 0 radical (unpaired) electrons. The molecule has 1 aromatic heterocycles. The van der Waals surface area contributed by atoms with E-state index in [1.54, 1.807) is 4.68 Å². The van der Waals surface area contributed by atoms with Crippen molar-refractivity contribution in [3.05, 3.63) is 36.2 Å². The van der Waals surface area contributed by atoms with Gasteiger partial charge in [0.2, 0.25) is 0 Å². The van der Waals surface area contributed by atoms with Crippen molar-refractivity contribution in [1.82, 2.24) is 25.1 Å². The first-order valence-electron chi connectivity index (χ1n) is 7.53. The Morgan fingerprint density at radius 2 is 2.09 bits per heavy atom. The molecule has 1 saturated heterocycles. The first kappa shape index (κ1) is 17.4. The number of rotatable bonds is 3. The van der Waals surface area contributed by atoms with Gasteiger partial charge in [0.05, 0.1) is 5.69 Å². The SMILES string of the molecule is CC(N)C1CCN(C(=O)c2cccc(-n3cnnn3)c2)CC1.Cl. The molecular weight excluding hydrogens is 316 g/mol. The second kappa shape index (κ2) is 7.52. The molecule has 2 aromatic rings. The van der Waals surface area contributed by atoms with Crippen LogP contribution in [0, 0.1) is 5.92 Å². The van der Waals surface area contributed by atoms with Gasteiger partial charge in [0.25, 0.3) is 5.91 Å². The number of carbonyl (C=O) groups excluding carboxylic acids is 1. The fourth-order valence-electron chi connectivity index (χ4n) is 2.87. The molecule has 1 aromatic carbocycles. The molecule has 3 rings (SSSR count). The molecule has 2 N–H and O–H groups in total. The van der Waals surface area contributed by atoms with E-state index in [4.69, 9.17) is 5.73 Å². The van der Waals surface area contributed by atoms with E-state index in [-0.39, 0.29) is 24.4 Å². The second-order valence-corrected chi connectivity index (χ2v) is 5.79. The first-order chi connectivity index (χ1) is 10.6. The lowest BCUT2D eigenvalue weighted by Crippen LogP contribution is -2.42. The Balaban J connectivity index is 0.00000192. The van der Waals surface area contributed by atoms with Gasteiger partial charge in [-0.3, -0.25) is 4.79 Å². The lowest BCUT2D eigenvalue weighted by Gasteiger charge is -2.33. The van der Waals surface area contributed by atoms with E-state index in [0.717, 1.165) is 31.6 Å². The number of piperidine rings is 1. The van der Waals surface area contributed by atoms with Crippen LogP contribution in [0.4, 0.5) is 0 Å². The first-order valence-corrected chi connectivity index (χ1v) is 7.53. The summed E-state index contributed by atoms with van der Waals surface area (Å²) in [4.78, 5) is 14.5. The molecule has 124 valence electrons. The van der Waals surface area contributed by atoms with Crippen LogP contribution in [-0.2, 0) is 0 Å². The predicted octanol–water partition coefficient (Wildman–Crippen LogP) is 1.28. The predicted molar refractivity (Wildman–Crippen MR) is 88.7 cm³/mol. The van der Waals surface area contributed by atoms with E-state index in [0.29, 0.717) is 11.5 Å². The van der Waals surface area contributed by atoms with Gasteiger partial charge in [0.15, 0.2) is 0 Å². The summed E-state index contributed by atoms with van der Waals surface area (Å²) in [5.41, 5.74) is 7.39. The van der Waals surface area contributed by atoms with E-state index in [1.165, 1.54) is 6.33 Å². The average Bonchev–Trinajstić information content (AvgIpc) is 3.09. The summed E-state index contributed by atoms with van der Waals surface area (Å²) in [6.07, 6.45) is 3.45. The summed E-state index contributed by atoms with van der Waals surface area (Å²) in [6, 6.07) is 7.55. The third-order valence-electron chi connectivity index (χ3n) is 4.28. The van der Waals surface area contributed by atoms with Crippen LogP contribution < -0.4 is 5.73 Å². The molecule has 8 heteroatoms. The van der Waals surface area contributed by atoms with Gasteiger partial charge in [0.1, 0.15) is 6.33 Å². The fourth-order valence-corrected chi connectivity index (χ4v) is 2.87. The van der Waals surface area contributed by atoms with Gasteiger partial charge < -0.3 is 10.6 Å². The molecule has 0 bridgehead atoms. The van der Waals surface area contributed by atoms with Crippen LogP contribution in [0.25, 0.3) is 5.69 Å². The number of halogens is 1. The van der Waals surface area contributed by atoms with Crippen molar-refractivity contribution in [3.8, 4) is 5.69 Å². The maximum absolute atomic E-state index is 12.6. The minimum absolute atomic E-state index is 0. The molecule has 0 aliphatic carbocycles. The fraction of sp³-hybridized carbons (Fsp3) is 0.467. The van der Waals surface area contributed by atoms with E-state index < -0.39 is 0 Å². The average molecular weight is 337 g/mol. The Labute approximate surface area is 141 Å². The van der Waals surface area contributed by atoms with Crippen LogP contribution in [0.2, 0.25) is 0 Å². The van der Waals surface area contributed by atoms with Crippen LogP contribution >= 0.6 is 12.4 Å². The van der Waals surface area contributed by atoms with Crippen molar-refractivity contribution in [2.24, 2.45) is 11.7 Å². The molecule has 1 aliphatic rings. The van der Waals surface area contributed by atoms with Crippen molar-refractivity contribution in [2.75, 3.05) is 13.1 Å². The molecule has 1 atom stereocenters. The number of tetrazole rings is 1. The number of hydrogen-bond acceptors (Lipinski definition) is 5. The number of nitrogens with zero attached hydrogens (tertiary/aromatic N) is 5. The molecule has 23 heavy (non-hydrogen) atoms. The van der Waals surface area contributed by atoms with Gasteiger partial charge in [-0.25, -0.2) is 4.68 Å². The summed E-state index contributed by atoms with van der Waals surface area (Å²) in [5.74, 6) is 0.564. The number of aromatic nitrogens is 4. The van der Waals surface area contributed by atoms with E-state index >= 15 is 0 Å². The number of likely N-dealkylation sites (tertiary alicyclic amines) is 1. The molecule has 2 heterocycles. The highest BCUT2D eigenvalue weighted by Gasteiger charge is 2.25. The molecule has 1 amide bonds. The quantitative estimate of drug-likeness (QED) is 0.912. The Morgan fingerprint density at radius 3 is 2.70 bits per heavy atom. The lowest BCUT2D eigenvalue weighted by molar-refractivity contribution is 0.0681. The molecule has 1 aliphatic heterocycles. The maximum Gasteiger partial charge on any atom is 0.253 e. The van der Waals surface area contributed by atoms with Crippen LogP contribution in [0.1, 0.15) is 30.1 Å². The van der Waals surface area contributed by atoms with Crippen LogP contribution in [0.15, 0.2) is 30.6 Å². The number of amides is 1. The number of nitrogens with two attached hydrogens (primary N) is 1. The van der Waals surface area contributed by atoms with Crippen molar-refractivity contribution < 1.29 is 4.79 Å². The molecule has 0 spiro atoms. The summed E-state index contributed by atoms with van der Waals surface area (Å²) in [6.45, 7) is 3.57. The minimum atomic E-state index is 0. The number of hydrogen-bond donors (Lipinski definition) is 1. The van der Waals surface area contributed by atoms with Gasteiger partial charge in [-0.1, -0.05) is 6.07 Å². The Hall–Kier alpha value is -1.99. The molecular formula is C15H21ClN6O. The van der Waals surface area contributed by atoms with Gasteiger partial charge in [0, 0.05) is 24.7 Å². The van der Waals surface area contributed by atoms with Crippen molar-refractivity contribution in [2.45, 2.75) is 25.8 Å². The summed E-state index contributed by atoms with van der Waals surface area (Å²) < 4.78 is 1.54. The van der Waals surface area contributed by atoms with Gasteiger partial charge in [-0.05, 0) is 54.3 Å². The zero-order valence-corrected chi connectivity index (χ0v) is 13.8. The summed E-state index contributed by atoms with van der Waals surface area (Å²) in [7, 11) is 0. The van der Waals surface area contributed by atoms with Gasteiger partial charge >= 0.3 is 0 Å². The van der Waals surface area contributed by atoms with Crippen LogP contribution in [0.3, 0.4) is 0 Å². The molecule has 7 nitrogen and oxygen atoms in total. The topological polar surface area (TPSA) is 89.9 Å². The van der Waals surface area contributed by atoms with E-state index in [2.05, 4.69) is 15.5 Å². The monoisotopic (exact) mass is 336 g/mol. The maximum atomic E-state index is 12.6. The second-order valence-electron chi connectivity index (χ2n) is 5.79. The largest absolute Gasteiger partial charge is 0.339 e. The van der Waals surface area contributed by atoms with Crippen molar-refractivity contribution in [1.29, 1.82) is 0 Å². The lowest BCUT2D eigenvalue weighted by atomic mass is 9.90. The highest BCUT2D eigenvalue weighted by molar-refractivity contribution is 5.94. The Bertz CT molecular complexity index is 637. The van der Waals surface area contributed by atoms with Crippen LogP contribution in [-0.4, -0.2) is 50.1 Å².